The monoisotopic (exact) mass is 434 g/mol. The van der Waals surface area contributed by atoms with Crippen molar-refractivity contribution in [2.45, 2.75) is 18.9 Å². The zero-order valence-electron chi connectivity index (χ0n) is 18.1. The highest BCUT2D eigenvalue weighted by molar-refractivity contribution is 5.96. The molecule has 166 valence electrons. The van der Waals surface area contributed by atoms with Crippen LogP contribution in [0.1, 0.15) is 18.2 Å². The fourth-order valence-electron chi connectivity index (χ4n) is 4.53. The summed E-state index contributed by atoms with van der Waals surface area (Å²) in [5.74, 6) is 1.49. The maximum Gasteiger partial charge on any atom is 0.242 e. The van der Waals surface area contributed by atoms with Crippen LogP contribution < -0.4 is 9.64 Å². The predicted molar refractivity (Wildman–Crippen MR) is 120 cm³/mol. The van der Waals surface area contributed by atoms with E-state index in [1.165, 1.54) is 0 Å². The number of carbonyl (C=O) groups is 2. The van der Waals surface area contributed by atoms with Gasteiger partial charge < -0.3 is 23.8 Å². The van der Waals surface area contributed by atoms with Gasteiger partial charge in [0.2, 0.25) is 11.8 Å². The Bertz CT molecular complexity index is 1150. The van der Waals surface area contributed by atoms with Gasteiger partial charge in [0, 0.05) is 43.7 Å². The first-order chi connectivity index (χ1) is 15.6. The number of rotatable bonds is 5. The first-order valence-electron chi connectivity index (χ1n) is 10.9. The van der Waals surface area contributed by atoms with E-state index in [0.29, 0.717) is 45.0 Å². The molecule has 2 aromatic carbocycles. The standard InChI is InChI=1S/C24H26N4O4/c1-31-19-6-4-5-18(14-19)27-15-17(13-22(27)29)24-25-20-7-2-3-8-21(20)28(24)16-23(30)26-9-11-32-12-10-26/h2-8,14,17H,9-13,15-16H2,1H3/t17-/m1/s1. The minimum Gasteiger partial charge on any atom is -0.497 e. The Morgan fingerprint density at radius 1 is 1.16 bits per heavy atom. The lowest BCUT2D eigenvalue weighted by molar-refractivity contribution is -0.135. The van der Waals surface area contributed by atoms with Gasteiger partial charge in [0.1, 0.15) is 18.1 Å². The number of ether oxygens (including phenoxy) is 2. The van der Waals surface area contributed by atoms with Gasteiger partial charge in [0.05, 0.1) is 31.4 Å². The van der Waals surface area contributed by atoms with E-state index in [0.717, 1.165) is 22.5 Å². The van der Waals surface area contributed by atoms with Crippen LogP contribution in [0.15, 0.2) is 48.5 Å². The van der Waals surface area contributed by atoms with Crippen LogP contribution in [0.2, 0.25) is 0 Å². The van der Waals surface area contributed by atoms with Gasteiger partial charge >= 0.3 is 0 Å². The number of fused-ring (bicyclic) bond motifs is 1. The number of amides is 2. The Kier molecular flexibility index (Phi) is 5.53. The van der Waals surface area contributed by atoms with E-state index in [2.05, 4.69) is 0 Å². The van der Waals surface area contributed by atoms with Crippen molar-refractivity contribution in [2.75, 3.05) is 44.9 Å². The smallest absolute Gasteiger partial charge is 0.242 e. The molecule has 0 spiro atoms. The summed E-state index contributed by atoms with van der Waals surface area (Å²) in [7, 11) is 1.61. The zero-order valence-corrected chi connectivity index (χ0v) is 18.1. The number of benzene rings is 2. The van der Waals surface area contributed by atoms with Crippen molar-refractivity contribution in [1.82, 2.24) is 14.5 Å². The molecule has 0 bridgehead atoms. The first-order valence-corrected chi connectivity index (χ1v) is 10.9. The number of para-hydroxylation sites is 2. The quantitative estimate of drug-likeness (QED) is 0.617. The fraction of sp³-hybridized carbons (Fsp3) is 0.375. The van der Waals surface area contributed by atoms with Crippen LogP contribution in [0.3, 0.4) is 0 Å². The maximum absolute atomic E-state index is 13.0. The van der Waals surface area contributed by atoms with Crippen LogP contribution in [0.25, 0.3) is 11.0 Å². The van der Waals surface area contributed by atoms with E-state index in [-0.39, 0.29) is 24.3 Å². The molecular formula is C24H26N4O4. The molecular weight excluding hydrogens is 408 g/mol. The summed E-state index contributed by atoms with van der Waals surface area (Å²) in [6.07, 6.45) is 0.353. The number of hydrogen-bond acceptors (Lipinski definition) is 5. The molecule has 0 unspecified atom stereocenters. The van der Waals surface area contributed by atoms with Gasteiger partial charge in [-0.15, -0.1) is 0 Å². The molecule has 8 nitrogen and oxygen atoms in total. The lowest BCUT2D eigenvalue weighted by Gasteiger charge is -2.27. The second kappa shape index (κ2) is 8.63. The predicted octanol–water partition coefficient (Wildman–Crippen LogP) is 2.42. The van der Waals surface area contributed by atoms with Gasteiger partial charge in [0.25, 0.3) is 0 Å². The van der Waals surface area contributed by atoms with Crippen LogP contribution in [-0.4, -0.2) is 66.2 Å². The molecule has 2 aliphatic rings. The van der Waals surface area contributed by atoms with Crippen molar-refractivity contribution >= 4 is 28.5 Å². The molecule has 2 saturated heterocycles. The van der Waals surface area contributed by atoms with Crippen molar-refractivity contribution in [3.8, 4) is 5.75 Å². The Hall–Kier alpha value is -3.39. The molecule has 0 aliphatic carbocycles. The van der Waals surface area contributed by atoms with E-state index in [9.17, 15) is 9.59 Å². The number of hydrogen-bond donors (Lipinski definition) is 0. The zero-order chi connectivity index (χ0) is 22.1. The van der Waals surface area contributed by atoms with Gasteiger partial charge in [-0.2, -0.15) is 0 Å². The highest BCUT2D eigenvalue weighted by Gasteiger charge is 2.35. The van der Waals surface area contributed by atoms with Crippen LogP contribution in [0, 0.1) is 0 Å². The topological polar surface area (TPSA) is 76.9 Å². The van der Waals surface area contributed by atoms with Gasteiger partial charge in [-0.05, 0) is 24.3 Å². The number of imidazole rings is 1. The molecule has 8 heteroatoms. The largest absolute Gasteiger partial charge is 0.497 e. The SMILES string of the molecule is COc1cccc(N2C[C@H](c3nc4ccccc4n3CC(=O)N3CCOCC3)CC2=O)c1. The van der Waals surface area contributed by atoms with Crippen molar-refractivity contribution < 1.29 is 19.1 Å². The Labute approximate surface area is 186 Å². The molecule has 2 fully saturated rings. The Morgan fingerprint density at radius 2 is 1.97 bits per heavy atom. The van der Waals surface area contributed by atoms with Crippen molar-refractivity contribution in [2.24, 2.45) is 0 Å². The number of aromatic nitrogens is 2. The number of carbonyl (C=O) groups excluding carboxylic acids is 2. The number of morpholine rings is 1. The van der Waals surface area contributed by atoms with E-state index in [1.54, 1.807) is 12.0 Å². The van der Waals surface area contributed by atoms with Gasteiger partial charge in [-0.25, -0.2) is 4.98 Å². The van der Waals surface area contributed by atoms with Gasteiger partial charge in [0.15, 0.2) is 0 Å². The summed E-state index contributed by atoms with van der Waals surface area (Å²) in [6, 6.07) is 15.3. The highest BCUT2D eigenvalue weighted by atomic mass is 16.5. The molecule has 3 aromatic rings. The second-order valence-electron chi connectivity index (χ2n) is 8.14. The summed E-state index contributed by atoms with van der Waals surface area (Å²) in [5.41, 5.74) is 2.56. The van der Waals surface area contributed by atoms with Crippen LogP contribution in [-0.2, 0) is 20.9 Å². The summed E-state index contributed by atoms with van der Waals surface area (Å²) < 4.78 is 12.7. The number of nitrogens with zero attached hydrogens (tertiary/aromatic N) is 4. The summed E-state index contributed by atoms with van der Waals surface area (Å²) in [6.45, 7) is 3.06. The Morgan fingerprint density at radius 3 is 2.78 bits per heavy atom. The average molecular weight is 434 g/mol. The normalized spacial score (nSPS) is 19.0. The molecule has 1 aromatic heterocycles. The molecule has 3 heterocycles. The molecule has 0 radical (unpaired) electrons. The third kappa shape index (κ3) is 3.82. The van der Waals surface area contributed by atoms with Crippen molar-refractivity contribution in [1.29, 1.82) is 0 Å². The third-order valence-corrected chi connectivity index (χ3v) is 6.20. The lowest BCUT2D eigenvalue weighted by atomic mass is 10.1. The summed E-state index contributed by atoms with van der Waals surface area (Å²) in [5, 5.41) is 0. The van der Waals surface area contributed by atoms with Crippen LogP contribution >= 0.6 is 0 Å². The molecule has 5 rings (SSSR count). The molecule has 2 aliphatic heterocycles. The number of anilines is 1. The molecule has 2 amide bonds. The van der Waals surface area contributed by atoms with Crippen LogP contribution in [0.5, 0.6) is 5.75 Å². The van der Waals surface area contributed by atoms with Crippen molar-refractivity contribution in [3.63, 3.8) is 0 Å². The van der Waals surface area contributed by atoms with Crippen LogP contribution in [0.4, 0.5) is 5.69 Å². The Balaban J connectivity index is 1.45. The fourth-order valence-corrected chi connectivity index (χ4v) is 4.53. The average Bonchev–Trinajstić information content (AvgIpc) is 3.40. The first kappa shape index (κ1) is 20.5. The molecule has 1 atom stereocenters. The van der Waals surface area contributed by atoms with Crippen molar-refractivity contribution in [3.05, 3.63) is 54.4 Å². The van der Waals surface area contributed by atoms with E-state index in [1.807, 2.05) is 58.0 Å². The second-order valence-corrected chi connectivity index (χ2v) is 8.14. The van der Waals surface area contributed by atoms with Gasteiger partial charge in [-0.1, -0.05) is 18.2 Å². The maximum atomic E-state index is 13.0. The van der Waals surface area contributed by atoms with Gasteiger partial charge in [-0.3, -0.25) is 9.59 Å². The molecule has 0 N–H and O–H groups in total. The molecule has 0 saturated carbocycles. The van der Waals surface area contributed by atoms with E-state index >= 15 is 0 Å². The third-order valence-electron chi connectivity index (χ3n) is 6.20. The minimum absolute atomic E-state index is 0.0429. The minimum atomic E-state index is -0.0985. The number of methoxy groups -OCH3 is 1. The molecule has 32 heavy (non-hydrogen) atoms. The van der Waals surface area contributed by atoms with E-state index in [4.69, 9.17) is 14.5 Å². The summed E-state index contributed by atoms with van der Waals surface area (Å²) in [4.78, 5) is 34.4. The summed E-state index contributed by atoms with van der Waals surface area (Å²) >= 11 is 0. The van der Waals surface area contributed by atoms with E-state index < -0.39 is 0 Å². The highest BCUT2D eigenvalue weighted by Crippen LogP contribution is 2.34. The lowest BCUT2D eigenvalue weighted by Crippen LogP contribution is -2.42.